The Labute approximate surface area is 119 Å². The molecule has 6 heteroatoms. The molecule has 0 aliphatic carbocycles. The lowest BCUT2D eigenvalue weighted by Gasteiger charge is -2.24. The zero-order chi connectivity index (χ0) is 12.2. The van der Waals surface area contributed by atoms with Crippen molar-refractivity contribution in [2.45, 2.75) is 13.0 Å². The Morgan fingerprint density at radius 2 is 2.11 bits per heavy atom. The van der Waals surface area contributed by atoms with Gasteiger partial charge in [-0.15, -0.1) is 12.4 Å². The largest absolute Gasteiger partial charge is 0.383 e. The highest BCUT2D eigenvalue weighted by Crippen LogP contribution is 2.27. The van der Waals surface area contributed by atoms with Gasteiger partial charge in [0.25, 0.3) is 0 Å². The molecule has 1 N–H and O–H groups in total. The van der Waals surface area contributed by atoms with Gasteiger partial charge in [0.2, 0.25) is 0 Å². The summed E-state index contributed by atoms with van der Waals surface area (Å²) >= 11 is 0. The lowest BCUT2D eigenvalue weighted by molar-refractivity contribution is 0.592. The van der Waals surface area contributed by atoms with Crippen molar-refractivity contribution in [1.82, 2.24) is 14.8 Å². The normalized spacial score (nSPS) is 14.0. The van der Waals surface area contributed by atoms with Gasteiger partial charge < -0.3 is 10.2 Å². The molecule has 1 aliphatic heterocycles. The van der Waals surface area contributed by atoms with E-state index in [2.05, 4.69) is 44.6 Å². The summed E-state index contributed by atoms with van der Waals surface area (Å²) in [4.78, 5) is 6.38. The fourth-order valence-electron chi connectivity index (χ4n) is 2.32. The zero-order valence-electron chi connectivity index (χ0n) is 10.7. The summed E-state index contributed by atoms with van der Waals surface area (Å²) in [7, 11) is 0. The second kappa shape index (κ2) is 6.43. The number of halogens is 1. The molecule has 2 heterocycles. The van der Waals surface area contributed by atoms with Crippen molar-refractivity contribution in [3.63, 3.8) is 0 Å². The summed E-state index contributed by atoms with van der Waals surface area (Å²) in [6.45, 7) is 3.95. The van der Waals surface area contributed by atoms with E-state index >= 15 is 0 Å². The summed E-state index contributed by atoms with van der Waals surface area (Å²) in [6.07, 6.45) is 4.51. The van der Waals surface area contributed by atoms with Crippen molar-refractivity contribution < 1.29 is 0 Å². The van der Waals surface area contributed by atoms with Gasteiger partial charge in [-0.05, 0) is 18.6 Å². The second-order valence-electron chi connectivity index (χ2n) is 4.44. The number of fused-ring (bicyclic) bond motifs is 1. The maximum Gasteiger partial charge on any atom is 0.137 e. The van der Waals surface area contributed by atoms with Crippen LogP contribution in [-0.4, -0.2) is 34.4 Å². The number of nitrogens with one attached hydrogen (secondary N) is 1. The first-order valence-electron chi connectivity index (χ1n) is 6.34. The summed E-state index contributed by atoms with van der Waals surface area (Å²) in [6, 6.07) is 8.49. The van der Waals surface area contributed by atoms with Gasteiger partial charge in [0.1, 0.15) is 12.7 Å². The fraction of sp³-hybridized carbons (Fsp3) is 0.385. The Balaban J connectivity index is 0.00000133. The monoisotopic (exact) mass is 279 g/mol. The van der Waals surface area contributed by atoms with Crippen LogP contribution >= 0.6 is 12.4 Å². The van der Waals surface area contributed by atoms with Crippen LogP contribution in [0.25, 0.3) is 0 Å². The summed E-state index contributed by atoms with van der Waals surface area (Å²) in [5.41, 5.74) is 2.52. The molecule has 0 spiro atoms. The number of benzene rings is 1. The van der Waals surface area contributed by atoms with Crippen LogP contribution in [0.3, 0.4) is 0 Å². The van der Waals surface area contributed by atoms with Crippen LogP contribution in [-0.2, 0) is 6.54 Å². The molecule has 0 radical (unpaired) electrons. The average Bonchev–Trinajstić information content (AvgIpc) is 2.84. The minimum absolute atomic E-state index is 0. The van der Waals surface area contributed by atoms with Crippen LogP contribution in [0.5, 0.6) is 0 Å². The third kappa shape index (κ3) is 3.17. The predicted octanol–water partition coefficient (Wildman–Crippen LogP) is 2.02. The van der Waals surface area contributed by atoms with E-state index in [-0.39, 0.29) is 12.4 Å². The van der Waals surface area contributed by atoms with E-state index in [0.717, 1.165) is 32.6 Å². The Morgan fingerprint density at radius 3 is 2.95 bits per heavy atom. The van der Waals surface area contributed by atoms with Crippen molar-refractivity contribution in [1.29, 1.82) is 0 Å². The molecule has 0 fully saturated rings. The number of nitrogens with zero attached hydrogens (tertiary/aromatic N) is 4. The highest BCUT2D eigenvalue weighted by atomic mass is 35.5. The standard InChI is InChI=1S/C13H17N5.ClH/c1-2-5-13-12(4-1)15-6-3-7-17(13)8-9-18-11-14-10-16-18;/h1-2,4-5,10-11,15H,3,6-9H2;1H. The van der Waals surface area contributed by atoms with E-state index in [1.807, 2.05) is 4.68 Å². The molecular formula is C13H18ClN5. The molecule has 0 bridgehead atoms. The number of hydrogen-bond donors (Lipinski definition) is 1. The first kappa shape index (κ1) is 13.7. The molecule has 102 valence electrons. The summed E-state index contributed by atoms with van der Waals surface area (Å²) in [5, 5.41) is 7.62. The van der Waals surface area contributed by atoms with Crippen LogP contribution in [0.15, 0.2) is 36.9 Å². The van der Waals surface area contributed by atoms with Crippen molar-refractivity contribution >= 4 is 23.8 Å². The van der Waals surface area contributed by atoms with Gasteiger partial charge in [-0.25, -0.2) is 4.98 Å². The third-order valence-electron chi connectivity index (χ3n) is 3.23. The molecule has 0 amide bonds. The fourth-order valence-corrected chi connectivity index (χ4v) is 2.32. The van der Waals surface area contributed by atoms with Crippen LogP contribution in [0.4, 0.5) is 11.4 Å². The van der Waals surface area contributed by atoms with Gasteiger partial charge in [0.15, 0.2) is 0 Å². The third-order valence-corrected chi connectivity index (χ3v) is 3.23. The van der Waals surface area contributed by atoms with E-state index < -0.39 is 0 Å². The molecule has 1 aliphatic rings. The minimum Gasteiger partial charge on any atom is -0.383 e. The van der Waals surface area contributed by atoms with Crippen molar-refractivity contribution in [2.24, 2.45) is 0 Å². The highest BCUT2D eigenvalue weighted by molar-refractivity contribution is 5.85. The SMILES string of the molecule is Cl.c1ccc2c(c1)NCCCN2CCn1cncn1. The quantitative estimate of drug-likeness (QED) is 0.934. The molecule has 1 aromatic heterocycles. The van der Waals surface area contributed by atoms with Crippen LogP contribution in [0.1, 0.15) is 6.42 Å². The molecule has 2 aromatic rings. The van der Waals surface area contributed by atoms with E-state index in [0.29, 0.717) is 0 Å². The predicted molar refractivity (Wildman–Crippen MR) is 79.0 cm³/mol. The van der Waals surface area contributed by atoms with Gasteiger partial charge in [-0.2, -0.15) is 5.10 Å². The van der Waals surface area contributed by atoms with E-state index in [1.54, 1.807) is 12.7 Å². The van der Waals surface area contributed by atoms with Gasteiger partial charge in [-0.1, -0.05) is 12.1 Å². The Morgan fingerprint density at radius 1 is 1.21 bits per heavy atom. The van der Waals surface area contributed by atoms with Gasteiger partial charge in [-0.3, -0.25) is 4.68 Å². The van der Waals surface area contributed by atoms with Crippen molar-refractivity contribution in [3.05, 3.63) is 36.9 Å². The average molecular weight is 280 g/mol. The number of anilines is 2. The first-order chi connectivity index (χ1) is 8.93. The second-order valence-corrected chi connectivity index (χ2v) is 4.44. The molecule has 19 heavy (non-hydrogen) atoms. The first-order valence-corrected chi connectivity index (χ1v) is 6.34. The summed E-state index contributed by atoms with van der Waals surface area (Å²) in [5.74, 6) is 0. The minimum atomic E-state index is 0. The van der Waals surface area contributed by atoms with Crippen molar-refractivity contribution in [3.8, 4) is 0 Å². The van der Waals surface area contributed by atoms with E-state index in [9.17, 15) is 0 Å². The molecule has 3 rings (SSSR count). The molecule has 0 unspecified atom stereocenters. The number of para-hydroxylation sites is 2. The zero-order valence-corrected chi connectivity index (χ0v) is 11.5. The van der Waals surface area contributed by atoms with Gasteiger partial charge in [0, 0.05) is 19.6 Å². The topological polar surface area (TPSA) is 46.0 Å². The maximum absolute atomic E-state index is 4.14. The Kier molecular flexibility index (Phi) is 4.63. The molecule has 0 atom stereocenters. The maximum atomic E-state index is 4.14. The number of rotatable bonds is 3. The highest BCUT2D eigenvalue weighted by Gasteiger charge is 2.13. The number of hydrogen-bond acceptors (Lipinski definition) is 4. The lowest BCUT2D eigenvalue weighted by atomic mass is 10.2. The lowest BCUT2D eigenvalue weighted by Crippen LogP contribution is -2.28. The van der Waals surface area contributed by atoms with Crippen LogP contribution in [0.2, 0.25) is 0 Å². The van der Waals surface area contributed by atoms with Gasteiger partial charge >= 0.3 is 0 Å². The Hall–Kier alpha value is -1.75. The molecule has 5 nitrogen and oxygen atoms in total. The molecule has 1 aromatic carbocycles. The molecule has 0 saturated carbocycles. The van der Waals surface area contributed by atoms with E-state index in [1.165, 1.54) is 11.4 Å². The van der Waals surface area contributed by atoms with Crippen molar-refractivity contribution in [2.75, 3.05) is 29.9 Å². The van der Waals surface area contributed by atoms with Crippen LogP contribution < -0.4 is 10.2 Å². The van der Waals surface area contributed by atoms with Crippen LogP contribution in [0, 0.1) is 0 Å². The smallest absolute Gasteiger partial charge is 0.137 e. The van der Waals surface area contributed by atoms with E-state index in [4.69, 9.17) is 0 Å². The molecular weight excluding hydrogens is 262 g/mol. The van der Waals surface area contributed by atoms with Gasteiger partial charge in [0.05, 0.1) is 17.9 Å². The molecule has 0 saturated heterocycles. The number of aromatic nitrogens is 3. The summed E-state index contributed by atoms with van der Waals surface area (Å²) < 4.78 is 1.88. The Bertz CT molecular complexity index is 499.